The van der Waals surface area contributed by atoms with Gasteiger partial charge >= 0.3 is 0 Å². The summed E-state index contributed by atoms with van der Waals surface area (Å²) in [7, 11) is 0. The highest BCUT2D eigenvalue weighted by Crippen LogP contribution is 2.17. The summed E-state index contributed by atoms with van der Waals surface area (Å²) < 4.78 is 12.8. The van der Waals surface area contributed by atoms with E-state index in [1.807, 2.05) is 6.07 Å². The molecule has 2 heteroatoms. The Balaban J connectivity index is 2.00. The fourth-order valence-electron chi connectivity index (χ4n) is 1.71. The maximum atomic E-state index is 12.8. The molecule has 0 atom stereocenters. The summed E-state index contributed by atoms with van der Waals surface area (Å²) in [4.78, 5) is 0. The van der Waals surface area contributed by atoms with Crippen molar-refractivity contribution in [2.45, 2.75) is 12.8 Å². The fraction of sp³-hybridized carbons (Fsp3) is 0.364. The first kappa shape index (κ1) is 8.70. The van der Waals surface area contributed by atoms with Crippen LogP contribution in [0.5, 0.6) is 0 Å². The minimum absolute atomic E-state index is 0.135. The lowest BCUT2D eigenvalue weighted by Crippen LogP contribution is -2.09. The van der Waals surface area contributed by atoms with Crippen LogP contribution in [0.4, 0.5) is 4.39 Å². The van der Waals surface area contributed by atoms with Gasteiger partial charge in [-0.15, -0.1) is 0 Å². The van der Waals surface area contributed by atoms with Gasteiger partial charge in [-0.05, 0) is 43.0 Å². The quantitative estimate of drug-likeness (QED) is 0.729. The summed E-state index contributed by atoms with van der Waals surface area (Å²) >= 11 is 0. The third-order valence-electron chi connectivity index (χ3n) is 2.37. The largest absolute Gasteiger partial charge is 0.316 e. The highest BCUT2D eigenvalue weighted by atomic mass is 19.1. The first-order valence-corrected chi connectivity index (χ1v) is 4.63. The molecule has 1 aromatic rings. The summed E-state index contributed by atoms with van der Waals surface area (Å²) in [5.74, 6) is 1.34. The molecular formula is C11H13FN. The average molecular weight is 178 g/mol. The summed E-state index contributed by atoms with van der Waals surface area (Å²) in [6.07, 6.45) is 2.06. The van der Waals surface area contributed by atoms with Crippen molar-refractivity contribution in [3.05, 3.63) is 41.6 Å². The van der Waals surface area contributed by atoms with E-state index in [0.717, 1.165) is 31.5 Å². The van der Waals surface area contributed by atoms with Crippen LogP contribution >= 0.6 is 0 Å². The van der Waals surface area contributed by atoms with Gasteiger partial charge in [0, 0.05) is 6.54 Å². The average Bonchev–Trinajstić information content (AvgIpc) is 2.57. The monoisotopic (exact) mass is 178 g/mol. The van der Waals surface area contributed by atoms with Gasteiger partial charge in [0.25, 0.3) is 0 Å². The van der Waals surface area contributed by atoms with Gasteiger partial charge in [-0.3, -0.25) is 0 Å². The maximum absolute atomic E-state index is 12.8. The molecule has 1 fully saturated rings. The van der Waals surface area contributed by atoms with Crippen LogP contribution < -0.4 is 5.32 Å². The van der Waals surface area contributed by atoms with Gasteiger partial charge in [-0.25, -0.2) is 4.39 Å². The van der Waals surface area contributed by atoms with E-state index in [1.54, 1.807) is 12.1 Å². The Labute approximate surface area is 78.0 Å². The van der Waals surface area contributed by atoms with Crippen molar-refractivity contribution in [1.29, 1.82) is 0 Å². The van der Waals surface area contributed by atoms with Crippen LogP contribution in [0.15, 0.2) is 24.3 Å². The van der Waals surface area contributed by atoms with Crippen molar-refractivity contribution in [3.63, 3.8) is 0 Å². The lowest BCUT2D eigenvalue weighted by atomic mass is 9.99. The summed E-state index contributed by atoms with van der Waals surface area (Å²) in [6, 6.07) is 6.86. The van der Waals surface area contributed by atoms with E-state index in [1.165, 1.54) is 12.0 Å². The van der Waals surface area contributed by atoms with E-state index in [4.69, 9.17) is 0 Å². The van der Waals surface area contributed by atoms with Gasteiger partial charge in [0.15, 0.2) is 0 Å². The molecule has 1 heterocycles. The molecule has 0 spiro atoms. The zero-order chi connectivity index (χ0) is 9.10. The molecule has 2 rings (SSSR count). The van der Waals surface area contributed by atoms with Crippen LogP contribution in [-0.4, -0.2) is 13.1 Å². The second-order valence-electron chi connectivity index (χ2n) is 3.48. The van der Waals surface area contributed by atoms with Crippen LogP contribution in [-0.2, 0) is 6.42 Å². The Kier molecular flexibility index (Phi) is 2.60. The molecule has 0 amide bonds. The Morgan fingerprint density at radius 3 is 3.00 bits per heavy atom. The van der Waals surface area contributed by atoms with Gasteiger partial charge in [0.2, 0.25) is 0 Å². The second-order valence-corrected chi connectivity index (χ2v) is 3.48. The number of rotatable bonds is 2. The van der Waals surface area contributed by atoms with Gasteiger partial charge in [-0.1, -0.05) is 12.1 Å². The fourth-order valence-corrected chi connectivity index (χ4v) is 1.71. The molecule has 1 aliphatic rings. The smallest absolute Gasteiger partial charge is 0.123 e. The molecule has 69 valence electrons. The molecular weight excluding hydrogens is 165 g/mol. The van der Waals surface area contributed by atoms with Gasteiger partial charge in [0.1, 0.15) is 5.82 Å². The normalized spacial score (nSPS) is 17.9. The van der Waals surface area contributed by atoms with E-state index in [0.29, 0.717) is 0 Å². The molecule has 1 saturated heterocycles. The number of benzene rings is 1. The first-order valence-electron chi connectivity index (χ1n) is 4.63. The van der Waals surface area contributed by atoms with E-state index in [2.05, 4.69) is 5.32 Å². The predicted octanol–water partition coefficient (Wildman–Crippen LogP) is 1.94. The molecule has 13 heavy (non-hydrogen) atoms. The molecule has 0 aromatic heterocycles. The standard InChI is InChI=1S/C11H13FN/c12-11-3-1-2-9(7-11)6-10-4-5-13-8-10/h1-3,7,13H,4-6,8H2. The number of hydrogen-bond acceptors (Lipinski definition) is 1. The van der Waals surface area contributed by atoms with E-state index >= 15 is 0 Å². The molecule has 0 unspecified atom stereocenters. The molecule has 1 nitrogen and oxygen atoms in total. The van der Waals surface area contributed by atoms with E-state index in [9.17, 15) is 4.39 Å². The number of nitrogens with one attached hydrogen (secondary N) is 1. The third-order valence-corrected chi connectivity index (χ3v) is 2.37. The second kappa shape index (κ2) is 3.88. The van der Waals surface area contributed by atoms with Crippen LogP contribution in [0.1, 0.15) is 12.0 Å². The van der Waals surface area contributed by atoms with Gasteiger partial charge in [0.05, 0.1) is 0 Å². The highest BCUT2D eigenvalue weighted by molar-refractivity contribution is 5.21. The lowest BCUT2D eigenvalue weighted by Gasteiger charge is -2.06. The van der Waals surface area contributed by atoms with Crippen LogP contribution in [0.3, 0.4) is 0 Å². The third kappa shape index (κ3) is 2.28. The minimum Gasteiger partial charge on any atom is -0.316 e. The zero-order valence-electron chi connectivity index (χ0n) is 7.52. The Bertz CT molecular complexity index is 279. The Morgan fingerprint density at radius 1 is 1.38 bits per heavy atom. The molecule has 0 aliphatic carbocycles. The molecule has 1 aromatic carbocycles. The SMILES string of the molecule is Fc1cccc(C[C]2CCNC2)c1. The van der Waals surface area contributed by atoms with Crippen molar-refractivity contribution in [2.75, 3.05) is 13.1 Å². The van der Waals surface area contributed by atoms with E-state index in [-0.39, 0.29) is 5.82 Å². The predicted molar refractivity (Wildman–Crippen MR) is 50.8 cm³/mol. The molecule has 0 saturated carbocycles. The topological polar surface area (TPSA) is 12.0 Å². The molecule has 0 bridgehead atoms. The van der Waals surface area contributed by atoms with Crippen molar-refractivity contribution in [1.82, 2.24) is 5.32 Å². The van der Waals surface area contributed by atoms with E-state index < -0.39 is 0 Å². The van der Waals surface area contributed by atoms with Crippen molar-refractivity contribution < 1.29 is 4.39 Å². The molecule has 1 aliphatic heterocycles. The highest BCUT2D eigenvalue weighted by Gasteiger charge is 2.15. The Morgan fingerprint density at radius 2 is 2.31 bits per heavy atom. The zero-order valence-corrected chi connectivity index (χ0v) is 7.52. The summed E-state index contributed by atoms with van der Waals surface area (Å²) in [5, 5.41) is 3.28. The first-order chi connectivity index (χ1) is 6.34. The minimum atomic E-state index is -0.135. The maximum Gasteiger partial charge on any atom is 0.123 e. The lowest BCUT2D eigenvalue weighted by molar-refractivity contribution is 0.625. The summed E-state index contributed by atoms with van der Waals surface area (Å²) in [5.41, 5.74) is 1.08. The van der Waals surface area contributed by atoms with Crippen molar-refractivity contribution in [2.24, 2.45) is 0 Å². The van der Waals surface area contributed by atoms with Crippen molar-refractivity contribution in [3.8, 4) is 0 Å². The number of halogens is 1. The van der Waals surface area contributed by atoms with Gasteiger partial charge in [-0.2, -0.15) is 0 Å². The number of hydrogen-bond donors (Lipinski definition) is 1. The Hall–Kier alpha value is -0.890. The van der Waals surface area contributed by atoms with Crippen LogP contribution in [0.25, 0.3) is 0 Å². The van der Waals surface area contributed by atoms with Crippen molar-refractivity contribution >= 4 is 0 Å². The summed E-state index contributed by atoms with van der Waals surface area (Å²) in [6.45, 7) is 2.07. The van der Waals surface area contributed by atoms with Crippen LogP contribution in [0, 0.1) is 11.7 Å². The molecule has 1 radical (unpaired) electrons. The molecule has 1 N–H and O–H groups in total. The van der Waals surface area contributed by atoms with Crippen LogP contribution in [0.2, 0.25) is 0 Å². The van der Waals surface area contributed by atoms with Gasteiger partial charge < -0.3 is 5.32 Å².